The number of rotatable bonds is 4. The van der Waals surface area contributed by atoms with Crippen LogP contribution in [0.3, 0.4) is 0 Å². The summed E-state index contributed by atoms with van der Waals surface area (Å²) in [7, 11) is 0. The van der Waals surface area contributed by atoms with E-state index in [9.17, 15) is 22.8 Å². The highest BCUT2D eigenvalue weighted by Crippen LogP contribution is 2.25. The summed E-state index contributed by atoms with van der Waals surface area (Å²) in [5.74, 6) is -0.583. The van der Waals surface area contributed by atoms with Gasteiger partial charge in [0.25, 0.3) is 5.91 Å². The summed E-state index contributed by atoms with van der Waals surface area (Å²) in [6.45, 7) is 5.13. The van der Waals surface area contributed by atoms with E-state index in [0.29, 0.717) is 44.6 Å². The van der Waals surface area contributed by atoms with E-state index in [4.69, 9.17) is 0 Å². The van der Waals surface area contributed by atoms with Gasteiger partial charge >= 0.3 is 12.4 Å². The Labute approximate surface area is 155 Å². The Hall–Kier alpha value is -2.45. The average molecular weight is 385 g/mol. The molecule has 6 nitrogen and oxygen atoms in total. The van der Waals surface area contributed by atoms with Crippen molar-refractivity contribution in [3.8, 4) is 5.75 Å². The molecule has 2 heterocycles. The lowest BCUT2D eigenvalue weighted by atomic mass is 10.0. The molecule has 0 unspecified atom stereocenters. The summed E-state index contributed by atoms with van der Waals surface area (Å²) >= 11 is 0. The Morgan fingerprint density at radius 1 is 1.11 bits per heavy atom. The van der Waals surface area contributed by atoms with E-state index in [1.165, 1.54) is 12.1 Å². The summed E-state index contributed by atoms with van der Waals surface area (Å²) in [6.07, 6.45) is -3.36. The Balaban J connectivity index is 1.55. The minimum Gasteiger partial charge on any atom is -0.406 e. The van der Waals surface area contributed by atoms with Crippen molar-refractivity contribution in [2.75, 3.05) is 32.7 Å². The van der Waals surface area contributed by atoms with Crippen LogP contribution in [0.5, 0.6) is 5.75 Å². The SMILES string of the molecule is CCN1CCN(C2CCN(C(=O)c3ccc(OC(F)(F)F)cc3)CC2)C1=O. The van der Waals surface area contributed by atoms with Gasteiger partial charge in [-0.05, 0) is 44.0 Å². The van der Waals surface area contributed by atoms with Gasteiger partial charge < -0.3 is 19.4 Å². The fourth-order valence-electron chi connectivity index (χ4n) is 3.60. The van der Waals surface area contributed by atoms with Crippen molar-refractivity contribution in [1.82, 2.24) is 14.7 Å². The maximum atomic E-state index is 12.6. The Bertz CT molecular complexity index is 685. The van der Waals surface area contributed by atoms with Gasteiger partial charge in [0.05, 0.1) is 0 Å². The van der Waals surface area contributed by atoms with Crippen molar-refractivity contribution >= 4 is 11.9 Å². The molecular weight excluding hydrogens is 363 g/mol. The highest BCUT2D eigenvalue weighted by atomic mass is 19.4. The number of ether oxygens (including phenoxy) is 1. The van der Waals surface area contributed by atoms with Crippen LogP contribution in [0.2, 0.25) is 0 Å². The first-order valence-electron chi connectivity index (χ1n) is 8.99. The van der Waals surface area contributed by atoms with Crippen LogP contribution in [0.1, 0.15) is 30.1 Å². The second-order valence-electron chi connectivity index (χ2n) is 6.65. The van der Waals surface area contributed by atoms with Crippen LogP contribution < -0.4 is 4.74 Å². The Morgan fingerprint density at radius 3 is 2.26 bits per heavy atom. The molecule has 148 valence electrons. The predicted molar refractivity (Wildman–Crippen MR) is 91.4 cm³/mol. The lowest BCUT2D eigenvalue weighted by molar-refractivity contribution is -0.274. The van der Waals surface area contributed by atoms with Crippen molar-refractivity contribution < 1.29 is 27.5 Å². The van der Waals surface area contributed by atoms with Crippen LogP contribution in [0, 0.1) is 0 Å². The largest absolute Gasteiger partial charge is 0.573 e. The molecule has 0 saturated carbocycles. The number of halogens is 3. The molecule has 1 aromatic rings. The maximum Gasteiger partial charge on any atom is 0.573 e. The zero-order valence-corrected chi connectivity index (χ0v) is 15.0. The molecule has 0 radical (unpaired) electrons. The van der Waals surface area contributed by atoms with Crippen molar-refractivity contribution in [1.29, 1.82) is 0 Å². The van der Waals surface area contributed by atoms with E-state index in [1.54, 1.807) is 4.90 Å². The van der Waals surface area contributed by atoms with E-state index < -0.39 is 6.36 Å². The summed E-state index contributed by atoms with van der Waals surface area (Å²) < 4.78 is 40.4. The molecule has 3 rings (SSSR count). The molecule has 0 aliphatic carbocycles. The van der Waals surface area contributed by atoms with Crippen LogP contribution in [0.25, 0.3) is 0 Å². The van der Waals surface area contributed by atoms with Crippen LogP contribution in [-0.4, -0.2) is 71.8 Å². The third kappa shape index (κ3) is 4.45. The van der Waals surface area contributed by atoms with E-state index in [2.05, 4.69) is 4.74 Å². The maximum absolute atomic E-state index is 12.6. The molecule has 0 aromatic heterocycles. The van der Waals surface area contributed by atoms with E-state index >= 15 is 0 Å². The molecule has 3 amide bonds. The van der Waals surface area contributed by atoms with Gasteiger partial charge in [-0.1, -0.05) is 0 Å². The zero-order chi connectivity index (χ0) is 19.6. The van der Waals surface area contributed by atoms with Crippen molar-refractivity contribution in [3.05, 3.63) is 29.8 Å². The number of hydrogen-bond donors (Lipinski definition) is 0. The minimum atomic E-state index is -4.76. The topological polar surface area (TPSA) is 53.1 Å². The standard InChI is InChI=1S/C18H22F3N3O3/c1-2-22-11-12-24(17(22)26)14-7-9-23(10-8-14)16(25)13-3-5-15(6-4-13)27-18(19,20)21/h3-6,14H,2,7-12H2,1H3. The number of nitrogens with zero attached hydrogens (tertiary/aromatic N) is 3. The molecule has 0 spiro atoms. The summed E-state index contributed by atoms with van der Waals surface area (Å²) in [6, 6.07) is 5.12. The zero-order valence-electron chi connectivity index (χ0n) is 15.0. The Morgan fingerprint density at radius 2 is 1.74 bits per heavy atom. The number of likely N-dealkylation sites (tertiary alicyclic amines) is 1. The van der Waals surface area contributed by atoms with Gasteiger partial charge in [0.1, 0.15) is 5.75 Å². The fourth-order valence-corrected chi connectivity index (χ4v) is 3.60. The van der Waals surface area contributed by atoms with Gasteiger partial charge in [0.15, 0.2) is 0 Å². The van der Waals surface area contributed by atoms with E-state index in [0.717, 1.165) is 18.7 Å². The molecule has 9 heteroatoms. The highest BCUT2D eigenvalue weighted by Gasteiger charge is 2.35. The van der Waals surface area contributed by atoms with Gasteiger partial charge in [-0.3, -0.25) is 4.79 Å². The summed E-state index contributed by atoms with van der Waals surface area (Å²) in [5.41, 5.74) is 0.317. The Kier molecular flexibility index (Phi) is 5.48. The molecule has 1 aromatic carbocycles. The lowest BCUT2D eigenvalue weighted by Crippen LogP contribution is -2.48. The number of piperidine rings is 1. The van der Waals surface area contributed by atoms with Crippen molar-refractivity contribution in [2.45, 2.75) is 32.2 Å². The van der Waals surface area contributed by atoms with E-state index in [-0.39, 0.29) is 23.7 Å². The number of urea groups is 1. The average Bonchev–Trinajstić information content (AvgIpc) is 3.01. The summed E-state index contributed by atoms with van der Waals surface area (Å²) in [5, 5.41) is 0. The highest BCUT2D eigenvalue weighted by molar-refractivity contribution is 5.94. The monoisotopic (exact) mass is 385 g/mol. The number of amides is 3. The van der Waals surface area contributed by atoms with Gasteiger partial charge in [-0.2, -0.15) is 0 Å². The molecule has 2 aliphatic rings. The second-order valence-corrected chi connectivity index (χ2v) is 6.65. The molecule has 0 bridgehead atoms. The molecular formula is C18H22F3N3O3. The molecule has 2 aliphatic heterocycles. The normalized spacial score (nSPS) is 19.0. The third-order valence-corrected chi connectivity index (χ3v) is 5.04. The van der Waals surface area contributed by atoms with Gasteiger partial charge in [0.2, 0.25) is 0 Å². The fraction of sp³-hybridized carbons (Fsp3) is 0.556. The first-order valence-corrected chi connectivity index (χ1v) is 8.99. The number of benzene rings is 1. The molecule has 0 atom stereocenters. The quantitative estimate of drug-likeness (QED) is 0.801. The lowest BCUT2D eigenvalue weighted by Gasteiger charge is -2.36. The molecule has 27 heavy (non-hydrogen) atoms. The number of alkyl halides is 3. The number of likely N-dealkylation sites (N-methyl/N-ethyl adjacent to an activating group) is 1. The van der Waals surface area contributed by atoms with Gasteiger partial charge in [-0.25, -0.2) is 4.79 Å². The van der Waals surface area contributed by atoms with Crippen LogP contribution >= 0.6 is 0 Å². The van der Waals surface area contributed by atoms with Crippen molar-refractivity contribution in [3.63, 3.8) is 0 Å². The van der Waals surface area contributed by atoms with E-state index in [1.807, 2.05) is 16.7 Å². The summed E-state index contributed by atoms with van der Waals surface area (Å²) in [4.78, 5) is 30.2. The van der Waals surface area contributed by atoms with Crippen LogP contribution in [0.15, 0.2) is 24.3 Å². The number of hydrogen-bond acceptors (Lipinski definition) is 3. The second kappa shape index (κ2) is 7.66. The first kappa shape index (κ1) is 19.3. The molecule has 2 saturated heterocycles. The number of carbonyl (C=O) groups excluding carboxylic acids is 2. The smallest absolute Gasteiger partial charge is 0.406 e. The first-order chi connectivity index (χ1) is 12.8. The third-order valence-electron chi connectivity index (χ3n) is 5.04. The molecule has 0 N–H and O–H groups in total. The number of carbonyl (C=O) groups is 2. The van der Waals surface area contributed by atoms with Gasteiger partial charge in [0, 0.05) is 44.3 Å². The predicted octanol–water partition coefficient (Wildman–Crippen LogP) is 2.95. The molecule has 2 fully saturated rings. The van der Waals surface area contributed by atoms with Crippen LogP contribution in [-0.2, 0) is 0 Å². The van der Waals surface area contributed by atoms with Gasteiger partial charge in [-0.15, -0.1) is 13.2 Å². The van der Waals surface area contributed by atoms with Crippen molar-refractivity contribution in [2.24, 2.45) is 0 Å². The van der Waals surface area contributed by atoms with Crippen LogP contribution in [0.4, 0.5) is 18.0 Å². The minimum absolute atomic E-state index is 0.0579.